The van der Waals surface area contributed by atoms with Crippen molar-refractivity contribution in [2.24, 2.45) is 0 Å². The molecule has 0 fully saturated rings. The van der Waals surface area contributed by atoms with E-state index in [4.69, 9.17) is 11.0 Å². The van der Waals surface area contributed by atoms with Crippen LogP contribution in [0.25, 0.3) is 0 Å². The molecule has 2 N–H and O–H groups in total. The highest BCUT2D eigenvalue weighted by atomic mass is 16.6. The molecule has 1 aromatic carbocycles. The monoisotopic (exact) mass is 201 g/mol. The van der Waals surface area contributed by atoms with Crippen LogP contribution in [0.2, 0.25) is 0 Å². The average molecular weight is 201 g/mol. The van der Waals surface area contributed by atoms with E-state index in [1.54, 1.807) is 6.07 Å². The molecule has 0 spiro atoms. The predicted octanol–water partition coefficient (Wildman–Crippen LogP) is 1.44. The molecular formula is C10H7N3O2. The van der Waals surface area contributed by atoms with Gasteiger partial charge in [0, 0.05) is 11.6 Å². The van der Waals surface area contributed by atoms with E-state index in [0.717, 1.165) is 0 Å². The number of benzene rings is 1. The van der Waals surface area contributed by atoms with Crippen molar-refractivity contribution in [2.45, 2.75) is 6.42 Å². The third-order valence-corrected chi connectivity index (χ3v) is 1.63. The molecule has 74 valence electrons. The van der Waals surface area contributed by atoms with Gasteiger partial charge in [-0.2, -0.15) is 5.26 Å². The summed E-state index contributed by atoms with van der Waals surface area (Å²) in [5.41, 5.74) is 5.82. The molecule has 15 heavy (non-hydrogen) atoms. The van der Waals surface area contributed by atoms with Crippen LogP contribution in [0.1, 0.15) is 12.0 Å². The maximum atomic E-state index is 10.5. The Hall–Kier alpha value is -2.53. The number of anilines is 1. The number of nitro groups is 1. The molecule has 0 radical (unpaired) electrons. The van der Waals surface area contributed by atoms with Gasteiger partial charge in [-0.1, -0.05) is 11.8 Å². The van der Waals surface area contributed by atoms with Gasteiger partial charge in [0.05, 0.1) is 17.4 Å². The summed E-state index contributed by atoms with van der Waals surface area (Å²) in [6.07, 6.45) is 0.0954. The largest absolute Gasteiger partial charge is 0.393 e. The molecule has 0 unspecified atom stereocenters. The SMILES string of the molecule is N#CCC#Cc1ccc(N)c([N+](=O)[O-])c1. The second-order valence-electron chi connectivity index (χ2n) is 2.67. The molecule has 5 heteroatoms. The highest BCUT2D eigenvalue weighted by molar-refractivity contribution is 5.61. The van der Waals surface area contributed by atoms with Gasteiger partial charge in [0.25, 0.3) is 5.69 Å². The minimum Gasteiger partial charge on any atom is -0.393 e. The van der Waals surface area contributed by atoms with Gasteiger partial charge in [0.1, 0.15) is 5.69 Å². The second kappa shape index (κ2) is 4.64. The Kier molecular flexibility index (Phi) is 3.26. The standard InChI is InChI=1S/C10H7N3O2/c11-6-2-1-3-8-4-5-9(12)10(7-8)13(14)15/h4-5,7H,2,12H2. The van der Waals surface area contributed by atoms with Gasteiger partial charge in [-0.05, 0) is 12.1 Å². The van der Waals surface area contributed by atoms with Crippen molar-refractivity contribution in [3.63, 3.8) is 0 Å². The number of rotatable bonds is 1. The van der Waals surface area contributed by atoms with Crippen molar-refractivity contribution in [3.8, 4) is 17.9 Å². The first-order valence-corrected chi connectivity index (χ1v) is 4.05. The highest BCUT2D eigenvalue weighted by Gasteiger charge is 2.10. The maximum absolute atomic E-state index is 10.5. The van der Waals surface area contributed by atoms with E-state index in [9.17, 15) is 10.1 Å². The van der Waals surface area contributed by atoms with E-state index in [0.29, 0.717) is 5.56 Å². The van der Waals surface area contributed by atoms with E-state index in [2.05, 4.69) is 11.8 Å². The van der Waals surface area contributed by atoms with Crippen LogP contribution in [-0.2, 0) is 0 Å². The molecule has 0 heterocycles. The molecule has 0 aliphatic rings. The lowest BCUT2D eigenvalue weighted by Gasteiger charge is -1.96. The summed E-state index contributed by atoms with van der Waals surface area (Å²) in [6, 6.07) is 6.15. The van der Waals surface area contributed by atoms with Crippen molar-refractivity contribution in [2.75, 3.05) is 5.73 Å². The van der Waals surface area contributed by atoms with Gasteiger partial charge in [-0.3, -0.25) is 10.1 Å². The molecular weight excluding hydrogens is 194 g/mol. The summed E-state index contributed by atoms with van der Waals surface area (Å²) in [5, 5.41) is 18.8. The summed E-state index contributed by atoms with van der Waals surface area (Å²) in [4.78, 5) is 9.96. The third kappa shape index (κ3) is 2.71. The van der Waals surface area contributed by atoms with Gasteiger partial charge in [-0.15, -0.1) is 0 Å². The van der Waals surface area contributed by atoms with Gasteiger partial charge in [0.15, 0.2) is 0 Å². The van der Waals surface area contributed by atoms with E-state index in [-0.39, 0.29) is 17.8 Å². The number of nitro benzene ring substituents is 1. The lowest BCUT2D eigenvalue weighted by Crippen LogP contribution is -1.95. The summed E-state index contributed by atoms with van der Waals surface area (Å²) < 4.78 is 0. The number of nitriles is 1. The molecule has 1 rings (SSSR count). The first-order chi connectivity index (χ1) is 7.15. The quantitative estimate of drug-likeness (QED) is 0.322. The van der Waals surface area contributed by atoms with Crippen molar-refractivity contribution in [3.05, 3.63) is 33.9 Å². The third-order valence-electron chi connectivity index (χ3n) is 1.63. The van der Waals surface area contributed by atoms with E-state index < -0.39 is 4.92 Å². The highest BCUT2D eigenvalue weighted by Crippen LogP contribution is 2.21. The van der Waals surface area contributed by atoms with Crippen LogP contribution < -0.4 is 5.73 Å². The van der Waals surface area contributed by atoms with E-state index in [1.807, 2.05) is 6.07 Å². The molecule has 0 aliphatic carbocycles. The van der Waals surface area contributed by atoms with Crippen molar-refractivity contribution < 1.29 is 4.92 Å². The summed E-state index contributed by atoms with van der Waals surface area (Å²) in [5.74, 6) is 5.20. The molecule has 0 aliphatic heterocycles. The van der Waals surface area contributed by atoms with Crippen LogP contribution >= 0.6 is 0 Å². The number of hydrogen-bond acceptors (Lipinski definition) is 4. The smallest absolute Gasteiger partial charge is 0.293 e. The Labute approximate surface area is 86.3 Å². The number of nitrogens with two attached hydrogens (primary N) is 1. The van der Waals surface area contributed by atoms with Crippen LogP contribution in [-0.4, -0.2) is 4.92 Å². The summed E-state index contributed by atoms with van der Waals surface area (Å²) in [6.45, 7) is 0. The normalized spacial score (nSPS) is 8.47. The molecule has 5 nitrogen and oxygen atoms in total. The zero-order chi connectivity index (χ0) is 11.3. The molecule has 0 bridgehead atoms. The fourth-order valence-corrected chi connectivity index (χ4v) is 0.965. The predicted molar refractivity (Wildman–Crippen MR) is 54.6 cm³/mol. The minimum absolute atomic E-state index is 0.0954. The van der Waals surface area contributed by atoms with Crippen molar-refractivity contribution in [1.29, 1.82) is 5.26 Å². The Bertz CT molecular complexity index is 492. The number of nitrogens with zero attached hydrogens (tertiary/aromatic N) is 2. The number of hydrogen-bond donors (Lipinski definition) is 1. The molecule has 0 amide bonds. The van der Waals surface area contributed by atoms with Crippen molar-refractivity contribution in [1.82, 2.24) is 0 Å². The van der Waals surface area contributed by atoms with Gasteiger partial charge >= 0.3 is 0 Å². The van der Waals surface area contributed by atoms with Crippen LogP contribution in [0.5, 0.6) is 0 Å². The minimum atomic E-state index is -0.565. The fraction of sp³-hybridized carbons (Fsp3) is 0.100. The molecule has 0 saturated heterocycles. The van der Waals surface area contributed by atoms with Crippen LogP contribution in [0.15, 0.2) is 18.2 Å². The Morgan fingerprint density at radius 1 is 1.53 bits per heavy atom. The Morgan fingerprint density at radius 3 is 2.87 bits per heavy atom. The van der Waals surface area contributed by atoms with Gasteiger partial charge < -0.3 is 5.73 Å². The molecule has 0 aromatic heterocycles. The van der Waals surface area contributed by atoms with E-state index >= 15 is 0 Å². The lowest BCUT2D eigenvalue weighted by molar-refractivity contribution is -0.383. The molecule has 0 atom stereocenters. The zero-order valence-corrected chi connectivity index (χ0v) is 7.73. The van der Waals surface area contributed by atoms with E-state index in [1.165, 1.54) is 12.1 Å². The Balaban J connectivity index is 3.05. The molecule has 1 aromatic rings. The van der Waals surface area contributed by atoms with Crippen molar-refractivity contribution >= 4 is 11.4 Å². The lowest BCUT2D eigenvalue weighted by atomic mass is 10.2. The zero-order valence-electron chi connectivity index (χ0n) is 7.73. The average Bonchev–Trinajstić information content (AvgIpc) is 2.20. The van der Waals surface area contributed by atoms with Gasteiger partial charge in [0.2, 0.25) is 0 Å². The number of nitrogen functional groups attached to an aromatic ring is 1. The Morgan fingerprint density at radius 2 is 2.27 bits per heavy atom. The van der Waals surface area contributed by atoms with Crippen LogP contribution in [0.3, 0.4) is 0 Å². The first kappa shape index (κ1) is 10.6. The summed E-state index contributed by atoms with van der Waals surface area (Å²) >= 11 is 0. The van der Waals surface area contributed by atoms with Crippen LogP contribution in [0.4, 0.5) is 11.4 Å². The first-order valence-electron chi connectivity index (χ1n) is 4.05. The van der Waals surface area contributed by atoms with Crippen LogP contribution in [0, 0.1) is 33.3 Å². The molecule has 0 saturated carbocycles. The fourth-order valence-electron chi connectivity index (χ4n) is 0.965. The topological polar surface area (TPSA) is 93.0 Å². The summed E-state index contributed by atoms with van der Waals surface area (Å²) in [7, 11) is 0. The van der Waals surface area contributed by atoms with Gasteiger partial charge in [-0.25, -0.2) is 0 Å². The maximum Gasteiger partial charge on any atom is 0.293 e. The second-order valence-corrected chi connectivity index (χ2v) is 2.67.